The number of halogens is 1. The van der Waals surface area contributed by atoms with Gasteiger partial charge in [0.1, 0.15) is 0 Å². The summed E-state index contributed by atoms with van der Waals surface area (Å²) in [5.74, 6) is 0.129. The van der Waals surface area contributed by atoms with Gasteiger partial charge in [-0.15, -0.1) is 0 Å². The van der Waals surface area contributed by atoms with E-state index in [1.807, 2.05) is 18.7 Å². The van der Waals surface area contributed by atoms with Crippen molar-refractivity contribution in [2.45, 2.75) is 25.1 Å². The monoisotopic (exact) mass is 254 g/mol. The average molecular weight is 254 g/mol. The second kappa shape index (κ2) is 5.04. The minimum absolute atomic E-state index is 0.117. The second-order valence-corrected chi connectivity index (χ2v) is 5.66. The lowest BCUT2D eigenvalue weighted by Gasteiger charge is -2.37. The Morgan fingerprint density at radius 1 is 1.59 bits per heavy atom. The van der Waals surface area contributed by atoms with Crippen molar-refractivity contribution in [3.05, 3.63) is 29.8 Å². The summed E-state index contributed by atoms with van der Waals surface area (Å²) in [6.07, 6.45) is 2.53. The first-order valence-corrected chi connectivity index (χ1v) is 6.68. The molecule has 1 saturated heterocycles. The van der Waals surface area contributed by atoms with Crippen molar-refractivity contribution in [2.24, 2.45) is 0 Å². The summed E-state index contributed by atoms with van der Waals surface area (Å²) < 4.78 is 13.5. The molecule has 92 valence electrons. The maximum Gasteiger partial charge on any atom is 0.257 e. The van der Waals surface area contributed by atoms with Gasteiger partial charge in [0.05, 0.1) is 11.8 Å². The molecular formula is C12H15FN2OS. The van der Waals surface area contributed by atoms with E-state index in [9.17, 15) is 9.18 Å². The predicted molar refractivity (Wildman–Crippen MR) is 66.6 cm³/mol. The topological polar surface area (TPSA) is 33.2 Å². The average Bonchev–Trinajstić information content (AvgIpc) is 2.32. The summed E-state index contributed by atoms with van der Waals surface area (Å²) >= 11 is 1.85. The SMILES string of the molecule is CC1SCCN(C(=O)c2ccncc2F)C1C. The lowest BCUT2D eigenvalue weighted by Crippen LogP contribution is -2.48. The first-order chi connectivity index (χ1) is 8.11. The van der Waals surface area contributed by atoms with Gasteiger partial charge in [-0.25, -0.2) is 4.39 Å². The summed E-state index contributed by atoms with van der Waals surface area (Å²) in [6.45, 7) is 4.78. The van der Waals surface area contributed by atoms with Gasteiger partial charge < -0.3 is 4.90 Å². The van der Waals surface area contributed by atoms with Crippen LogP contribution >= 0.6 is 11.8 Å². The van der Waals surface area contributed by atoms with Crippen LogP contribution in [0.3, 0.4) is 0 Å². The van der Waals surface area contributed by atoms with E-state index < -0.39 is 5.82 Å². The number of rotatable bonds is 1. The summed E-state index contributed by atoms with van der Waals surface area (Å²) in [7, 11) is 0. The van der Waals surface area contributed by atoms with Crippen molar-refractivity contribution in [3.8, 4) is 0 Å². The molecule has 5 heteroatoms. The van der Waals surface area contributed by atoms with Gasteiger partial charge in [0.15, 0.2) is 5.82 Å². The summed E-state index contributed by atoms with van der Waals surface area (Å²) in [6, 6.07) is 1.57. The van der Waals surface area contributed by atoms with E-state index in [0.717, 1.165) is 11.9 Å². The van der Waals surface area contributed by atoms with Crippen molar-refractivity contribution in [1.29, 1.82) is 0 Å². The largest absolute Gasteiger partial charge is 0.334 e. The number of amides is 1. The van der Waals surface area contributed by atoms with Crippen LogP contribution in [0.15, 0.2) is 18.5 Å². The van der Waals surface area contributed by atoms with E-state index in [1.165, 1.54) is 12.3 Å². The Balaban J connectivity index is 2.23. The molecule has 0 saturated carbocycles. The molecule has 1 amide bonds. The van der Waals surface area contributed by atoms with Gasteiger partial charge in [-0.1, -0.05) is 6.92 Å². The maximum absolute atomic E-state index is 13.5. The highest BCUT2D eigenvalue weighted by Gasteiger charge is 2.30. The lowest BCUT2D eigenvalue weighted by molar-refractivity contribution is 0.0693. The van der Waals surface area contributed by atoms with Crippen molar-refractivity contribution >= 4 is 17.7 Å². The molecule has 0 bridgehead atoms. The number of thioether (sulfide) groups is 1. The minimum atomic E-state index is -0.546. The molecule has 2 rings (SSSR count). The molecule has 0 spiro atoms. The molecule has 1 aliphatic heterocycles. The lowest BCUT2D eigenvalue weighted by atomic mass is 10.1. The number of hydrogen-bond acceptors (Lipinski definition) is 3. The molecule has 17 heavy (non-hydrogen) atoms. The molecule has 1 aromatic rings. The van der Waals surface area contributed by atoms with Crippen LogP contribution in [0.4, 0.5) is 4.39 Å². The number of pyridine rings is 1. The highest BCUT2D eigenvalue weighted by molar-refractivity contribution is 8.00. The van der Waals surface area contributed by atoms with Crippen LogP contribution in [0.5, 0.6) is 0 Å². The molecule has 3 nitrogen and oxygen atoms in total. The molecular weight excluding hydrogens is 239 g/mol. The Hall–Kier alpha value is -1.10. The number of hydrogen-bond donors (Lipinski definition) is 0. The number of carbonyl (C=O) groups is 1. The molecule has 2 unspecified atom stereocenters. The van der Waals surface area contributed by atoms with Gasteiger partial charge in [-0.05, 0) is 13.0 Å². The third kappa shape index (κ3) is 2.44. The van der Waals surface area contributed by atoms with Crippen LogP contribution in [0, 0.1) is 5.82 Å². The Morgan fingerprint density at radius 2 is 2.35 bits per heavy atom. The number of aromatic nitrogens is 1. The molecule has 0 aromatic carbocycles. The maximum atomic E-state index is 13.5. The van der Waals surface area contributed by atoms with Gasteiger partial charge >= 0.3 is 0 Å². The van der Waals surface area contributed by atoms with Crippen LogP contribution in [-0.2, 0) is 0 Å². The standard InChI is InChI=1S/C12H15FN2OS/c1-8-9(2)17-6-5-15(8)12(16)10-3-4-14-7-11(10)13/h3-4,7-9H,5-6H2,1-2H3. The molecule has 1 aliphatic rings. The molecule has 0 N–H and O–H groups in total. The van der Waals surface area contributed by atoms with Gasteiger partial charge in [0.2, 0.25) is 0 Å². The highest BCUT2D eigenvalue weighted by atomic mass is 32.2. The van der Waals surface area contributed by atoms with Crippen molar-refractivity contribution in [2.75, 3.05) is 12.3 Å². The fraction of sp³-hybridized carbons (Fsp3) is 0.500. The summed E-state index contributed by atoms with van der Waals surface area (Å²) in [4.78, 5) is 17.6. The van der Waals surface area contributed by atoms with E-state index in [4.69, 9.17) is 0 Å². The highest BCUT2D eigenvalue weighted by Crippen LogP contribution is 2.25. The second-order valence-electron chi connectivity index (χ2n) is 4.17. The van der Waals surface area contributed by atoms with Crippen LogP contribution in [0.1, 0.15) is 24.2 Å². The van der Waals surface area contributed by atoms with Crippen LogP contribution in [0.25, 0.3) is 0 Å². The molecule has 1 aromatic heterocycles. The Morgan fingerprint density at radius 3 is 3.06 bits per heavy atom. The molecule has 0 radical (unpaired) electrons. The number of nitrogens with zero attached hydrogens (tertiary/aromatic N) is 2. The first kappa shape index (κ1) is 12.4. The van der Waals surface area contributed by atoms with Crippen LogP contribution in [0.2, 0.25) is 0 Å². The first-order valence-electron chi connectivity index (χ1n) is 5.63. The Kier molecular flexibility index (Phi) is 3.66. The fourth-order valence-electron chi connectivity index (χ4n) is 1.92. The van der Waals surface area contributed by atoms with E-state index in [-0.39, 0.29) is 17.5 Å². The number of carbonyl (C=O) groups excluding carboxylic acids is 1. The zero-order valence-electron chi connectivity index (χ0n) is 9.89. The van der Waals surface area contributed by atoms with E-state index in [2.05, 4.69) is 11.9 Å². The van der Waals surface area contributed by atoms with E-state index >= 15 is 0 Å². The predicted octanol–water partition coefficient (Wildman–Crippen LogP) is 2.19. The summed E-state index contributed by atoms with van der Waals surface area (Å²) in [5, 5.41) is 0.387. The normalized spacial score (nSPS) is 24.8. The van der Waals surface area contributed by atoms with Crippen molar-refractivity contribution < 1.29 is 9.18 Å². The van der Waals surface area contributed by atoms with Crippen molar-refractivity contribution in [1.82, 2.24) is 9.88 Å². The quantitative estimate of drug-likeness (QED) is 0.770. The third-order valence-electron chi connectivity index (χ3n) is 3.15. The Bertz CT molecular complexity index is 427. The summed E-state index contributed by atoms with van der Waals surface area (Å²) in [5.41, 5.74) is 0.117. The van der Waals surface area contributed by atoms with E-state index in [1.54, 1.807) is 4.90 Å². The van der Waals surface area contributed by atoms with Gasteiger partial charge in [-0.2, -0.15) is 11.8 Å². The minimum Gasteiger partial charge on any atom is -0.334 e. The molecule has 2 atom stereocenters. The zero-order valence-corrected chi connectivity index (χ0v) is 10.7. The van der Waals surface area contributed by atoms with E-state index in [0.29, 0.717) is 11.8 Å². The van der Waals surface area contributed by atoms with Crippen LogP contribution < -0.4 is 0 Å². The van der Waals surface area contributed by atoms with Gasteiger partial charge in [0.25, 0.3) is 5.91 Å². The van der Waals surface area contributed by atoms with Gasteiger partial charge in [0, 0.05) is 29.8 Å². The molecule has 0 aliphatic carbocycles. The fourth-order valence-corrected chi connectivity index (χ4v) is 3.02. The molecule has 2 heterocycles. The third-order valence-corrected chi connectivity index (χ3v) is 4.49. The zero-order chi connectivity index (χ0) is 12.4. The Labute approximate surface area is 104 Å². The van der Waals surface area contributed by atoms with Gasteiger partial charge in [-0.3, -0.25) is 9.78 Å². The van der Waals surface area contributed by atoms with Crippen molar-refractivity contribution in [3.63, 3.8) is 0 Å². The smallest absolute Gasteiger partial charge is 0.257 e. The van der Waals surface area contributed by atoms with Crippen LogP contribution in [-0.4, -0.2) is 39.4 Å². The molecule has 1 fully saturated rings.